The summed E-state index contributed by atoms with van der Waals surface area (Å²) < 4.78 is 13.2. The minimum absolute atomic E-state index is 0.0859. The summed E-state index contributed by atoms with van der Waals surface area (Å²) in [6, 6.07) is 25.7. The van der Waals surface area contributed by atoms with Crippen molar-refractivity contribution in [3.05, 3.63) is 164 Å². The number of nitro benzene ring substituents is 2. The summed E-state index contributed by atoms with van der Waals surface area (Å²) in [6.07, 6.45) is 2.80. The van der Waals surface area contributed by atoms with E-state index >= 15 is 0 Å². The first-order valence-electron chi connectivity index (χ1n) is 14.7. The van der Waals surface area contributed by atoms with Crippen molar-refractivity contribution in [3.63, 3.8) is 0 Å². The third kappa shape index (κ3) is 5.48. The number of rotatable bonds is 8. The van der Waals surface area contributed by atoms with E-state index in [2.05, 4.69) is 0 Å². The molecule has 0 N–H and O–H groups in total. The molecule has 0 spiro atoms. The molecule has 7 rings (SSSR count). The van der Waals surface area contributed by atoms with Gasteiger partial charge in [0.05, 0.1) is 44.9 Å². The van der Waals surface area contributed by atoms with Gasteiger partial charge in [-0.15, -0.1) is 0 Å². The third-order valence-electron chi connectivity index (χ3n) is 8.30. The fourth-order valence-corrected chi connectivity index (χ4v) is 7.11. The van der Waals surface area contributed by atoms with E-state index in [4.69, 9.17) is 14.5 Å². The highest BCUT2D eigenvalue weighted by Crippen LogP contribution is 2.42. The summed E-state index contributed by atoms with van der Waals surface area (Å²) in [4.78, 5) is 42.5. The van der Waals surface area contributed by atoms with Gasteiger partial charge in [-0.05, 0) is 47.2 Å². The van der Waals surface area contributed by atoms with Gasteiger partial charge < -0.3 is 9.47 Å². The monoisotopic (exact) mass is 646 g/mol. The Morgan fingerprint density at radius 3 is 2.49 bits per heavy atom. The first-order chi connectivity index (χ1) is 22.8. The highest BCUT2D eigenvalue weighted by Gasteiger charge is 2.33. The van der Waals surface area contributed by atoms with E-state index in [1.165, 1.54) is 37.5 Å². The molecule has 0 fully saturated rings. The highest BCUT2D eigenvalue weighted by atomic mass is 32.1. The van der Waals surface area contributed by atoms with E-state index in [0.29, 0.717) is 16.8 Å². The van der Waals surface area contributed by atoms with Gasteiger partial charge in [-0.1, -0.05) is 78.1 Å². The van der Waals surface area contributed by atoms with Gasteiger partial charge in [0.1, 0.15) is 6.61 Å². The molecule has 1 atom stereocenters. The van der Waals surface area contributed by atoms with E-state index < -0.39 is 21.4 Å². The minimum atomic E-state index is -0.644. The number of ether oxygens (including phenoxy) is 2. The minimum Gasteiger partial charge on any atom is -0.493 e. The maximum atomic E-state index is 14.2. The number of thiazole rings is 1. The van der Waals surface area contributed by atoms with Gasteiger partial charge in [0.2, 0.25) is 0 Å². The topological polar surface area (TPSA) is 139 Å². The van der Waals surface area contributed by atoms with Crippen molar-refractivity contribution in [1.29, 1.82) is 0 Å². The largest absolute Gasteiger partial charge is 0.493 e. The van der Waals surface area contributed by atoms with Crippen LogP contribution in [-0.2, 0) is 13.0 Å². The molecule has 0 unspecified atom stereocenters. The van der Waals surface area contributed by atoms with Crippen LogP contribution in [-0.4, -0.2) is 21.5 Å². The molecule has 5 aromatic rings. The highest BCUT2D eigenvalue weighted by molar-refractivity contribution is 7.07. The van der Waals surface area contributed by atoms with Crippen LogP contribution in [0.2, 0.25) is 0 Å². The second kappa shape index (κ2) is 12.1. The molecular formula is C35H26N4O7S. The molecule has 0 amide bonds. The first-order valence-corrected chi connectivity index (χ1v) is 15.5. The number of allylic oxidation sites excluding steroid dienone is 1. The average molecular weight is 647 g/mol. The lowest BCUT2D eigenvalue weighted by Crippen LogP contribution is -2.38. The summed E-state index contributed by atoms with van der Waals surface area (Å²) in [7, 11) is 1.44. The predicted molar refractivity (Wildman–Crippen MR) is 176 cm³/mol. The Labute approximate surface area is 271 Å². The van der Waals surface area contributed by atoms with Crippen molar-refractivity contribution in [2.75, 3.05) is 7.11 Å². The van der Waals surface area contributed by atoms with Crippen LogP contribution in [0.5, 0.6) is 11.5 Å². The Hall–Kier alpha value is -5.88. The molecule has 2 aliphatic rings. The standard InChI is InChI=1S/C35H26N4O7S/c1-45-29-17-24(28(39(43)44)19-30(29)46-20-21-8-3-2-4-9-21)18-31-34(40)37-33(23-11-7-12-25(16-23)38(41)42)27-15-14-22-10-5-6-13-26(22)32(27)36-35(37)47-31/h2-13,16-19,33H,14-15,20H2,1H3/b31-18+/t33-/m1/s1. The van der Waals surface area contributed by atoms with Crippen molar-refractivity contribution >= 4 is 34.5 Å². The van der Waals surface area contributed by atoms with Crippen LogP contribution in [0.1, 0.15) is 40.3 Å². The van der Waals surface area contributed by atoms with E-state index in [1.807, 2.05) is 54.6 Å². The number of hydrogen-bond donors (Lipinski definition) is 0. The number of nitro groups is 2. The van der Waals surface area contributed by atoms with Crippen molar-refractivity contribution in [2.24, 2.45) is 4.99 Å². The van der Waals surface area contributed by atoms with Gasteiger partial charge in [-0.25, -0.2) is 4.99 Å². The zero-order valence-electron chi connectivity index (χ0n) is 25.0. The number of benzene rings is 4. The second-order valence-electron chi connectivity index (χ2n) is 11.1. The van der Waals surface area contributed by atoms with Crippen molar-refractivity contribution in [3.8, 4) is 11.5 Å². The molecule has 2 heterocycles. The van der Waals surface area contributed by atoms with Crippen molar-refractivity contribution in [2.45, 2.75) is 25.5 Å². The summed E-state index contributed by atoms with van der Waals surface area (Å²) in [5, 5.41) is 24.0. The van der Waals surface area contributed by atoms with E-state index in [1.54, 1.807) is 16.7 Å². The number of hydrogen-bond acceptors (Lipinski definition) is 9. The number of aromatic nitrogens is 1. The summed E-state index contributed by atoms with van der Waals surface area (Å²) in [5.74, 6) is 0.464. The zero-order valence-corrected chi connectivity index (χ0v) is 25.8. The van der Waals surface area contributed by atoms with Gasteiger partial charge in [-0.2, -0.15) is 0 Å². The molecule has 4 aromatic carbocycles. The van der Waals surface area contributed by atoms with Crippen LogP contribution in [0.3, 0.4) is 0 Å². The van der Waals surface area contributed by atoms with Crippen LogP contribution in [0.15, 0.2) is 106 Å². The third-order valence-corrected chi connectivity index (χ3v) is 9.29. The fraction of sp³-hybridized carbons (Fsp3) is 0.143. The summed E-state index contributed by atoms with van der Waals surface area (Å²) in [6.45, 7) is 0.178. The Balaban J connectivity index is 1.39. The molecule has 1 aliphatic carbocycles. The van der Waals surface area contributed by atoms with Gasteiger partial charge >= 0.3 is 0 Å². The van der Waals surface area contributed by atoms with Gasteiger partial charge in [0.15, 0.2) is 16.3 Å². The average Bonchev–Trinajstić information content (AvgIpc) is 3.40. The molecule has 234 valence electrons. The number of aryl methyl sites for hydroxylation is 1. The summed E-state index contributed by atoms with van der Waals surface area (Å²) in [5.41, 5.74) is 4.57. The van der Waals surface area contributed by atoms with Crippen LogP contribution >= 0.6 is 11.3 Å². The Morgan fingerprint density at radius 2 is 1.72 bits per heavy atom. The second-order valence-corrected chi connectivity index (χ2v) is 12.1. The smallest absolute Gasteiger partial charge is 0.280 e. The maximum Gasteiger partial charge on any atom is 0.280 e. The van der Waals surface area contributed by atoms with Gasteiger partial charge in [0.25, 0.3) is 16.9 Å². The van der Waals surface area contributed by atoms with Crippen molar-refractivity contribution < 1.29 is 19.3 Å². The van der Waals surface area contributed by atoms with Crippen molar-refractivity contribution in [1.82, 2.24) is 4.57 Å². The molecule has 0 saturated carbocycles. The maximum absolute atomic E-state index is 14.2. The molecular weight excluding hydrogens is 620 g/mol. The Kier molecular flexibility index (Phi) is 7.70. The predicted octanol–water partition coefficient (Wildman–Crippen LogP) is 5.72. The fourth-order valence-electron chi connectivity index (χ4n) is 6.12. The summed E-state index contributed by atoms with van der Waals surface area (Å²) >= 11 is 1.11. The molecule has 12 heteroatoms. The molecule has 47 heavy (non-hydrogen) atoms. The molecule has 0 bridgehead atoms. The van der Waals surface area contributed by atoms with E-state index in [0.717, 1.165) is 45.7 Å². The van der Waals surface area contributed by atoms with Gasteiger partial charge in [-0.3, -0.25) is 29.6 Å². The quantitative estimate of drug-likeness (QED) is 0.155. The van der Waals surface area contributed by atoms with E-state index in [-0.39, 0.29) is 39.6 Å². The molecule has 11 nitrogen and oxygen atoms in total. The van der Waals surface area contributed by atoms with Gasteiger partial charge in [0, 0.05) is 17.7 Å². The lowest BCUT2D eigenvalue weighted by molar-refractivity contribution is -0.385. The SMILES string of the molecule is COc1cc(/C=c2/sc3n(c2=O)[C@H](c2cccc([N+](=O)[O-])c2)C2=C(N=3)c3ccccc3CC2)c([N+](=O)[O-])cc1OCc1ccccc1. The molecule has 0 radical (unpaired) electrons. The van der Waals surface area contributed by atoms with Crippen LogP contribution in [0.25, 0.3) is 11.8 Å². The number of nitrogens with zero attached hydrogens (tertiary/aromatic N) is 4. The first kappa shape index (κ1) is 29.8. The number of fused-ring (bicyclic) bond motifs is 3. The normalized spacial score (nSPS) is 15.3. The van der Waals surface area contributed by atoms with E-state index in [9.17, 15) is 25.0 Å². The van der Waals surface area contributed by atoms with Crippen LogP contribution in [0, 0.1) is 20.2 Å². The Bertz CT molecular complexity index is 2290. The van der Waals surface area contributed by atoms with Crippen LogP contribution < -0.4 is 24.4 Å². The lowest BCUT2D eigenvalue weighted by atomic mass is 9.83. The number of non-ortho nitro benzene ring substituents is 1. The Morgan fingerprint density at radius 1 is 0.936 bits per heavy atom. The zero-order chi connectivity index (χ0) is 32.7. The molecule has 0 saturated heterocycles. The van der Waals surface area contributed by atoms with Crippen LogP contribution in [0.4, 0.5) is 11.4 Å². The lowest BCUT2D eigenvalue weighted by Gasteiger charge is -2.30. The molecule has 1 aromatic heterocycles. The number of methoxy groups -OCH3 is 1. The molecule has 1 aliphatic heterocycles.